The van der Waals surface area contributed by atoms with Crippen molar-refractivity contribution in [3.63, 3.8) is 0 Å². The smallest absolute Gasteiger partial charge is 0.00965 e. The Balaban J connectivity index is 2.21. The van der Waals surface area contributed by atoms with Crippen LogP contribution in [0.3, 0.4) is 0 Å². The molecule has 0 bridgehead atoms. The van der Waals surface area contributed by atoms with Gasteiger partial charge in [-0.3, -0.25) is 0 Å². The van der Waals surface area contributed by atoms with Crippen LogP contribution in [0.2, 0.25) is 0 Å². The average molecular weight is 198 g/mol. The number of nitrogens with zero attached hydrogens (tertiary/aromatic N) is 1. The Morgan fingerprint density at radius 2 is 1.93 bits per heavy atom. The Bertz CT molecular complexity index is 152. The molecule has 14 heavy (non-hydrogen) atoms. The molecule has 2 nitrogen and oxygen atoms in total. The van der Waals surface area contributed by atoms with Gasteiger partial charge in [-0.2, -0.15) is 0 Å². The number of nitrogens with two attached hydrogens (primary N) is 1. The molecule has 1 saturated carbocycles. The molecule has 1 fully saturated rings. The third-order valence-corrected chi connectivity index (χ3v) is 2.97. The van der Waals surface area contributed by atoms with E-state index in [9.17, 15) is 0 Å². The molecule has 0 aromatic rings. The normalized spacial score (nSPS) is 19.3. The van der Waals surface area contributed by atoms with Crippen LogP contribution in [0, 0.1) is 11.8 Å². The van der Waals surface area contributed by atoms with Gasteiger partial charge in [0.1, 0.15) is 0 Å². The highest BCUT2D eigenvalue weighted by atomic mass is 15.2. The summed E-state index contributed by atoms with van der Waals surface area (Å²) in [6.07, 6.45) is 4.10. The summed E-state index contributed by atoms with van der Waals surface area (Å²) < 4.78 is 0. The molecule has 1 aliphatic rings. The molecular formula is C12H26N2. The lowest BCUT2D eigenvalue weighted by Crippen LogP contribution is -2.32. The fourth-order valence-electron chi connectivity index (χ4n) is 1.84. The summed E-state index contributed by atoms with van der Waals surface area (Å²) in [4.78, 5) is 2.66. The quantitative estimate of drug-likeness (QED) is 0.679. The lowest BCUT2D eigenvalue weighted by atomic mass is 10.1. The van der Waals surface area contributed by atoms with Crippen molar-refractivity contribution in [2.24, 2.45) is 17.6 Å². The minimum Gasteiger partial charge on any atom is -0.330 e. The van der Waals surface area contributed by atoms with Crippen LogP contribution in [0.4, 0.5) is 0 Å². The van der Waals surface area contributed by atoms with Crippen molar-refractivity contribution in [2.45, 2.75) is 46.1 Å². The van der Waals surface area contributed by atoms with E-state index in [0.29, 0.717) is 5.92 Å². The summed E-state index contributed by atoms with van der Waals surface area (Å²) in [7, 11) is 0. The Hall–Kier alpha value is -0.0800. The molecule has 0 radical (unpaired) electrons. The summed E-state index contributed by atoms with van der Waals surface area (Å²) >= 11 is 0. The van der Waals surface area contributed by atoms with Crippen LogP contribution >= 0.6 is 0 Å². The molecule has 0 aromatic carbocycles. The molecule has 0 heterocycles. The van der Waals surface area contributed by atoms with Gasteiger partial charge in [0.15, 0.2) is 0 Å². The lowest BCUT2D eigenvalue weighted by Gasteiger charge is -2.25. The molecular weight excluding hydrogens is 172 g/mol. The summed E-state index contributed by atoms with van der Waals surface area (Å²) in [5.74, 6) is 1.48. The summed E-state index contributed by atoms with van der Waals surface area (Å²) in [5, 5.41) is 0. The van der Waals surface area contributed by atoms with Gasteiger partial charge in [0.25, 0.3) is 0 Å². The van der Waals surface area contributed by atoms with Crippen LogP contribution in [0.5, 0.6) is 0 Å². The van der Waals surface area contributed by atoms with Gasteiger partial charge < -0.3 is 10.6 Å². The van der Waals surface area contributed by atoms with Gasteiger partial charge in [-0.1, -0.05) is 20.8 Å². The second-order valence-corrected chi connectivity index (χ2v) is 5.25. The topological polar surface area (TPSA) is 29.3 Å². The zero-order chi connectivity index (χ0) is 10.6. The minimum absolute atomic E-state index is 0.684. The maximum atomic E-state index is 5.63. The summed E-state index contributed by atoms with van der Waals surface area (Å²) in [5.41, 5.74) is 5.63. The Labute approximate surface area is 88.8 Å². The van der Waals surface area contributed by atoms with E-state index >= 15 is 0 Å². The maximum Gasteiger partial charge on any atom is 0.00965 e. The van der Waals surface area contributed by atoms with Gasteiger partial charge in [-0.15, -0.1) is 0 Å². The molecule has 0 aromatic heterocycles. The lowest BCUT2D eigenvalue weighted by molar-refractivity contribution is 0.220. The zero-order valence-corrected chi connectivity index (χ0v) is 10.00. The van der Waals surface area contributed by atoms with Crippen LogP contribution < -0.4 is 5.73 Å². The number of hydrogen-bond acceptors (Lipinski definition) is 2. The van der Waals surface area contributed by atoms with Crippen LogP contribution in [-0.4, -0.2) is 30.6 Å². The first-order chi connectivity index (χ1) is 6.63. The highest BCUT2D eigenvalue weighted by Crippen LogP contribution is 2.27. The fourth-order valence-corrected chi connectivity index (χ4v) is 1.84. The first-order valence-corrected chi connectivity index (χ1v) is 6.07. The Kier molecular flexibility index (Phi) is 4.90. The molecule has 84 valence electrons. The van der Waals surface area contributed by atoms with Crippen molar-refractivity contribution in [2.75, 3.05) is 19.6 Å². The summed E-state index contributed by atoms with van der Waals surface area (Å²) in [6, 6.07) is 0.905. The predicted octanol–water partition coefficient (Wildman–Crippen LogP) is 2.09. The number of hydrogen-bond donors (Lipinski definition) is 1. The van der Waals surface area contributed by atoms with Crippen LogP contribution in [0.1, 0.15) is 40.0 Å². The zero-order valence-electron chi connectivity index (χ0n) is 10.00. The molecule has 0 saturated heterocycles. The standard InChI is InChI=1S/C12H26N2/c1-10(2)9-14(12-4-5-12)7-6-11(3)8-13/h10-12H,4-9,13H2,1-3H3. The van der Waals surface area contributed by atoms with Gasteiger partial charge in [-0.05, 0) is 44.2 Å². The van der Waals surface area contributed by atoms with Crippen LogP contribution in [0.25, 0.3) is 0 Å². The van der Waals surface area contributed by atoms with E-state index in [2.05, 4.69) is 25.7 Å². The van der Waals surface area contributed by atoms with Crippen molar-refractivity contribution in [1.82, 2.24) is 4.90 Å². The van der Waals surface area contributed by atoms with E-state index in [1.54, 1.807) is 0 Å². The van der Waals surface area contributed by atoms with Gasteiger partial charge in [-0.25, -0.2) is 0 Å². The second-order valence-electron chi connectivity index (χ2n) is 5.25. The Morgan fingerprint density at radius 3 is 2.36 bits per heavy atom. The van der Waals surface area contributed by atoms with Crippen molar-refractivity contribution in [3.05, 3.63) is 0 Å². The largest absolute Gasteiger partial charge is 0.330 e. The van der Waals surface area contributed by atoms with E-state index < -0.39 is 0 Å². The molecule has 1 unspecified atom stereocenters. The molecule has 2 heteroatoms. The van der Waals surface area contributed by atoms with Crippen molar-refractivity contribution < 1.29 is 0 Å². The van der Waals surface area contributed by atoms with E-state index in [1.165, 1.54) is 32.4 Å². The SMILES string of the molecule is CC(C)CN(CCC(C)CN)C1CC1. The Morgan fingerprint density at radius 1 is 1.29 bits per heavy atom. The molecule has 0 amide bonds. The molecule has 1 rings (SSSR count). The van der Waals surface area contributed by atoms with Crippen molar-refractivity contribution >= 4 is 0 Å². The summed E-state index contributed by atoms with van der Waals surface area (Å²) in [6.45, 7) is 10.2. The van der Waals surface area contributed by atoms with E-state index in [1.807, 2.05) is 0 Å². The molecule has 1 atom stereocenters. The predicted molar refractivity (Wildman–Crippen MR) is 62.3 cm³/mol. The second kappa shape index (κ2) is 5.72. The van der Waals surface area contributed by atoms with Crippen LogP contribution in [-0.2, 0) is 0 Å². The van der Waals surface area contributed by atoms with Crippen LogP contribution in [0.15, 0.2) is 0 Å². The molecule has 1 aliphatic carbocycles. The molecule has 2 N–H and O–H groups in total. The monoisotopic (exact) mass is 198 g/mol. The van der Waals surface area contributed by atoms with Gasteiger partial charge in [0, 0.05) is 12.6 Å². The maximum absolute atomic E-state index is 5.63. The highest BCUT2D eigenvalue weighted by Gasteiger charge is 2.28. The van der Waals surface area contributed by atoms with E-state index in [-0.39, 0.29) is 0 Å². The highest BCUT2D eigenvalue weighted by molar-refractivity contribution is 4.85. The van der Waals surface area contributed by atoms with Gasteiger partial charge in [0.2, 0.25) is 0 Å². The van der Waals surface area contributed by atoms with Gasteiger partial charge in [0.05, 0.1) is 0 Å². The average Bonchev–Trinajstić information content (AvgIpc) is 2.94. The minimum atomic E-state index is 0.684. The molecule has 0 aliphatic heterocycles. The van der Waals surface area contributed by atoms with E-state index in [0.717, 1.165) is 18.5 Å². The number of rotatable bonds is 7. The van der Waals surface area contributed by atoms with Gasteiger partial charge >= 0.3 is 0 Å². The van der Waals surface area contributed by atoms with Crippen molar-refractivity contribution in [1.29, 1.82) is 0 Å². The third-order valence-electron chi connectivity index (χ3n) is 2.97. The van der Waals surface area contributed by atoms with Crippen molar-refractivity contribution in [3.8, 4) is 0 Å². The third kappa shape index (κ3) is 4.43. The van der Waals surface area contributed by atoms with E-state index in [4.69, 9.17) is 5.73 Å². The molecule has 0 spiro atoms. The first kappa shape index (κ1) is 12.0. The fraction of sp³-hybridized carbons (Fsp3) is 1.00. The first-order valence-electron chi connectivity index (χ1n) is 6.07.